The number of ether oxygens (including phenoxy) is 1. The maximum atomic E-state index is 13.4. The molecule has 1 fully saturated rings. The molecule has 1 unspecified atom stereocenters. The molecule has 35 heavy (non-hydrogen) atoms. The van der Waals surface area contributed by atoms with Crippen molar-refractivity contribution in [3.63, 3.8) is 0 Å². The SMILES string of the molecule is CCNC(=O)Nc1ccc(-c2nc3c(c(N4CCOCC4C)n2)CN(c2ncc(F)cn2)C3)cc1. The maximum Gasteiger partial charge on any atom is 0.319 e. The summed E-state index contributed by atoms with van der Waals surface area (Å²) >= 11 is 0. The Morgan fingerprint density at radius 3 is 2.66 bits per heavy atom. The number of hydrogen-bond acceptors (Lipinski definition) is 8. The number of nitrogens with one attached hydrogen (secondary N) is 2. The minimum atomic E-state index is -0.472. The number of nitrogens with zero attached hydrogens (tertiary/aromatic N) is 6. The molecular weight excluding hydrogens is 451 g/mol. The van der Waals surface area contributed by atoms with Crippen molar-refractivity contribution in [2.45, 2.75) is 33.0 Å². The zero-order valence-electron chi connectivity index (χ0n) is 19.7. The molecule has 10 nitrogen and oxygen atoms in total. The van der Waals surface area contributed by atoms with Crippen LogP contribution in [0.3, 0.4) is 0 Å². The molecule has 2 aliphatic rings. The first-order valence-corrected chi connectivity index (χ1v) is 11.6. The average molecular weight is 479 g/mol. The summed E-state index contributed by atoms with van der Waals surface area (Å²) in [7, 11) is 0. The number of anilines is 3. The predicted octanol–water partition coefficient (Wildman–Crippen LogP) is 2.96. The Hall–Kier alpha value is -3.86. The number of rotatable bonds is 5. The van der Waals surface area contributed by atoms with E-state index in [9.17, 15) is 9.18 Å². The zero-order valence-corrected chi connectivity index (χ0v) is 19.7. The molecule has 0 saturated carbocycles. The summed E-state index contributed by atoms with van der Waals surface area (Å²) in [5.74, 6) is 1.45. The molecule has 2 aromatic heterocycles. The highest BCUT2D eigenvalue weighted by Gasteiger charge is 2.31. The summed E-state index contributed by atoms with van der Waals surface area (Å²) in [6.07, 6.45) is 2.34. The average Bonchev–Trinajstić information content (AvgIpc) is 3.29. The molecule has 3 aromatic rings. The lowest BCUT2D eigenvalue weighted by atomic mass is 10.1. The van der Waals surface area contributed by atoms with Gasteiger partial charge in [0.15, 0.2) is 11.6 Å². The Labute approximate surface area is 202 Å². The summed E-state index contributed by atoms with van der Waals surface area (Å²) in [5, 5.41) is 5.51. The van der Waals surface area contributed by atoms with Crippen LogP contribution in [0.15, 0.2) is 36.7 Å². The van der Waals surface area contributed by atoms with Gasteiger partial charge in [-0.1, -0.05) is 0 Å². The van der Waals surface area contributed by atoms with Crippen LogP contribution in [0.2, 0.25) is 0 Å². The third-order valence-electron chi connectivity index (χ3n) is 6.03. The number of amides is 2. The number of carbonyl (C=O) groups is 1. The van der Waals surface area contributed by atoms with Crippen LogP contribution in [0.25, 0.3) is 11.4 Å². The van der Waals surface area contributed by atoms with Gasteiger partial charge in [-0.15, -0.1) is 0 Å². The summed E-state index contributed by atoms with van der Waals surface area (Å²) in [6.45, 7) is 7.55. The van der Waals surface area contributed by atoms with Crippen molar-refractivity contribution in [1.29, 1.82) is 0 Å². The fourth-order valence-electron chi connectivity index (χ4n) is 4.29. The summed E-state index contributed by atoms with van der Waals surface area (Å²) < 4.78 is 19.0. The maximum absolute atomic E-state index is 13.4. The Morgan fingerprint density at radius 2 is 1.94 bits per heavy atom. The number of halogens is 1. The second-order valence-corrected chi connectivity index (χ2v) is 8.53. The van der Waals surface area contributed by atoms with E-state index in [4.69, 9.17) is 14.7 Å². The van der Waals surface area contributed by atoms with E-state index >= 15 is 0 Å². The van der Waals surface area contributed by atoms with Crippen LogP contribution in [-0.2, 0) is 17.8 Å². The first-order chi connectivity index (χ1) is 17.0. The summed E-state index contributed by atoms with van der Waals surface area (Å²) in [5.41, 5.74) is 3.43. The number of urea groups is 1. The van der Waals surface area contributed by atoms with Crippen LogP contribution < -0.4 is 20.4 Å². The van der Waals surface area contributed by atoms with E-state index in [0.717, 1.165) is 29.2 Å². The van der Waals surface area contributed by atoms with Crippen LogP contribution >= 0.6 is 0 Å². The number of benzene rings is 1. The monoisotopic (exact) mass is 478 g/mol. The lowest BCUT2D eigenvalue weighted by Gasteiger charge is -2.35. The van der Waals surface area contributed by atoms with Gasteiger partial charge in [0.2, 0.25) is 5.95 Å². The van der Waals surface area contributed by atoms with Crippen molar-refractivity contribution in [3.8, 4) is 11.4 Å². The fourth-order valence-corrected chi connectivity index (χ4v) is 4.29. The molecule has 0 bridgehead atoms. The van der Waals surface area contributed by atoms with E-state index in [1.54, 1.807) is 0 Å². The first-order valence-electron chi connectivity index (χ1n) is 11.6. The van der Waals surface area contributed by atoms with Gasteiger partial charge >= 0.3 is 6.03 Å². The molecular formula is C24H27FN8O2. The third kappa shape index (κ3) is 4.85. The Balaban J connectivity index is 1.48. The van der Waals surface area contributed by atoms with Crippen molar-refractivity contribution in [2.75, 3.05) is 41.4 Å². The smallest absolute Gasteiger partial charge is 0.319 e. The second kappa shape index (κ2) is 9.79. The Kier molecular flexibility index (Phi) is 6.41. The highest BCUT2D eigenvalue weighted by molar-refractivity contribution is 5.89. The molecule has 2 amide bonds. The van der Waals surface area contributed by atoms with Gasteiger partial charge in [0, 0.05) is 29.9 Å². The zero-order chi connectivity index (χ0) is 24.4. The van der Waals surface area contributed by atoms with Gasteiger partial charge in [0.1, 0.15) is 5.82 Å². The number of aromatic nitrogens is 4. The van der Waals surface area contributed by atoms with E-state index in [1.807, 2.05) is 36.1 Å². The van der Waals surface area contributed by atoms with Crippen molar-refractivity contribution in [3.05, 3.63) is 53.7 Å². The Morgan fingerprint density at radius 1 is 1.17 bits per heavy atom. The molecule has 5 rings (SSSR count). The van der Waals surface area contributed by atoms with Crippen LogP contribution in [0.4, 0.5) is 26.6 Å². The molecule has 4 heterocycles. The number of hydrogen-bond donors (Lipinski definition) is 2. The Bertz CT molecular complexity index is 1210. The molecule has 11 heteroatoms. The lowest BCUT2D eigenvalue weighted by molar-refractivity contribution is 0.0984. The molecule has 2 N–H and O–H groups in total. The van der Waals surface area contributed by atoms with Crippen molar-refractivity contribution < 1.29 is 13.9 Å². The summed E-state index contributed by atoms with van der Waals surface area (Å²) in [6, 6.07) is 7.36. The van der Waals surface area contributed by atoms with Gasteiger partial charge in [-0.25, -0.2) is 29.1 Å². The van der Waals surface area contributed by atoms with Gasteiger partial charge < -0.3 is 25.2 Å². The van der Waals surface area contributed by atoms with Crippen LogP contribution in [0.1, 0.15) is 25.1 Å². The normalized spacial score (nSPS) is 17.3. The molecule has 182 valence electrons. The van der Waals surface area contributed by atoms with Crippen LogP contribution in [-0.4, -0.2) is 58.3 Å². The highest BCUT2D eigenvalue weighted by atomic mass is 19.1. The minimum absolute atomic E-state index is 0.162. The van der Waals surface area contributed by atoms with Gasteiger partial charge in [0.05, 0.1) is 50.4 Å². The van der Waals surface area contributed by atoms with E-state index in [2.05, 4.69) is 32.4 Å². The number of carbonyl (C=O) groups excluding carboxylic acids is 1. The molecule has 0 radical (unpaired) electrons. The van der Waals surface area contributed by atoms with Gasteiger partial charge in [-0.3, -0.25) is 0 Å². The van der Waals surface area contributed by atoms with Gasteiger partial charge in [-0.2, -0.15) is 0 Å². The van der Waals surface area contributed by atoms with Crippen LogP contribution in [0.5, 0.6) is 0 Å². The molecule has 1 saturated heterocycles. The highest BCUT2D eigenvalue weighted by Crippen LogP contribution is 2.34. The van der Waals surface area contributed by atoms with Crippen molar-refractivity contribution in [2.24, 2.45) is 0 Å². The first kappa shape index (κ1) is 22.9. The minimum Gasteiger partial charge on any atom is -0.377 e. The molecule has 1 atom stereocenters. The topological polar surface area (TPSA) is 108 Å². The quantitative estimate of drug-likeness (QED) is 0.576. The van der Waals surface area contributed by atoms with Gasteiger partial charge in [0.25, 0.3) is 0 Å². The van der Waals surface area contributed by atoms with Crippen molar-refractivity contribution >= 4 is 23.5 Å². The molecule has 0 spiro atoms. The molecule has 2 aliphatic heterocycles. The van der Waals surface area contributed by atoms with E-state index in [-0.39, 0.29) is 12.1 Å². The van der Waals surface area contributed by atoms with E-state index < -0.39 is 5.82 Å². The number of morpholine rings is 1. The lowest BCUT2D eigenvalue weighted by Crippen LogP contribution is -2.44. The standard InChI is InChI=1S/C24H27FN8O2/c1-3-26-24(34)29-18-6-4-16(5-7-18)21-30-20-13-32(23-27-10-17(25)11-28-23)12-19(20)22(31-21)33-8-9-35-14-15(33)2/h4-7,10-11,15H,3,8-9,12-14H2,1-2H3,(H2,26,29,34). The molecule has 0 aliphatic carbocycles. The largest absolute Gasteiger partial charge is 0.377 e. The molecule has 1 aromatic carbocycles. The van der Waals surface area contributed by atoms with Crippen molar-refractivity contribution in [1.82, 2.24) is 25.3 Å². The van der Waals surface area contributed by atoms with Crippen LogP contribution in [0, 0.1) is 5.82 Å². The summed E-state index contributed by atoms with van der Waals surface area (Å²) in [4.78, 5) is 34.2. The van der Waals surface area contributed by atoms with E-state index in [1.165, 1.54) is 12.4 Å². The van der Waals surface area contributed by atoms with Gasteiger partial charge in [-0.05, 0) is 38.1 Å². The second-order valence-electron chi connectivity index (χ2n) is 8.53. The predicted molar refractivity (Wildman–Crippen MR) is 130 cm³/mol. The van der Waals surface area contributed by atoms with E-state index in [0.29, 0.717) is 50.3 Å². The fraction of sp³-hybridized carbons (Fsp3) is 0.375. The third-order valence-corrected chi connectivity index (χ3v) is 6.03. The number of fused-ring (bicyclic) bond motifs is 1.